The number of esters is 1. The van der Waals surface area contributed by atoms with E-state index in [1.807, 2.05) is 0 Å². The smallest absolute Gasteiger partial charge is 0.344 e. The Morgan fingerprint density at radius 1 is 1.33 bits per heavy atom. The van der Waals surface area contributed by atoms with Crippen molar-refractivity contribution in [2.24, 2.45) is 0 Å². The molecule has 0 unspecified atom stereocenters. The van der Waals surface area contributed by atoms with Gasteiger partial charge in [0.1, 0.15) is 6.20 Å². The van der Waals surface area contributed by atoms with Crippen molar-refractivity contribution in [1.29, 1.82) is 0 Å². The molecule has 0 aliphatic rings. The predicted octanol–water partition coefficient (Wildman–Crippen LogP) is 2.01. The third-order valence-electron chi connectivity index (χ3n) is 2.06. The molecule has 89 valence electrons. The lowest BCUT2D eigenvalue weighted by molar-refractivity contribution is -0.385. The fourth-order valence-corrected chi connectivity index (χ4v) is 1.22. The molecule has 0 aliphatic carbocycles. The average molecular weight is 243 g/mol. The first kappa shape index (κ1) is 11.7. The highest BCUT2D eigenvalue weighted by molar-refractivity contribution is 5.90. The number of pyridine rings is 1. The van der Waals surface area contributed by atoms with Crippen molar-refractivity contribution >= 4 is 11.7 Å². The molecule has 1 aromatic heterocycles. The van der Waals surface area contributed by atoms with Gasteiger partial charge in [0.15, 0.2) is 0 Å². The molecule has 0 aliphatic heterocycles. The normalized spacial score (nSPS) is 9.78. The highest BCUT2D eigenvalue weighted by Gasteiger charge is 2.11. The monoisotopic (exact) mass is 243 g/mol. The SMILES string of the molecule is O=C(Oc1c[c]c([N+](=O)[O-])cn1)c1ccccc1. The molecule has 1 heterocycles. The first-order valence-corrected chi connectivity index (χ1v) is 4.96. The third-order valence-corrected chi connectivity index (χ3v) is 2.06. The maximum absolute atomic E-state index is 11.6. The van der Waals surface area contributed by atoms with Gasteiger partial charge in [0.2, 0.25) is 5.88 Å². The van der Waals surface area contributed by atoms with Crippen LogP contribution in [0.5, 0.6) is 5.88 Å². The fourth-order valence-electron chi connectivity index (χ4n) is 1.22. The molecule has 0 fully saturated rings. The standard InChI is InChI=1S/C12H7N2O4/c15-12(9-4-2-1-3-5-9)18-11-7-6-10(8-13-11)14(16)17/h1-5,7-8H. The number of benzene rings is 1. The Kier molecular flexibility index (Phi) is 3.29. The zero-order valence-electron chi connectivity index (χ0n) is 9.07. The summed E-state index contributed by atoms with van der Waals surface area (Å²) in [5.74, 6) is -0.611. The zero-order chi connectivity index (χ0) is 13.0. The Hall–Kier alpha value is -2.76. The van der Waals surface area contributed by atoms with Gasteiger partial charge in [-0.3, -0.25) is 10.1 Å². The molecule has 0 N–H and O–H groups in total. The number of rotatable bonds is 3. The van der Waals surface area contributed by atoms with Crippen LogP contribution in [0.4, 0.5) is 5.69 Å². The number of carbonyl (C=O) groups excluding carboxylic acids is 1. The second-order valence-corrected chi connectivity index (χ2v) is 3.28. The lowest BCUT2D eigenvalue weighted by Crippen LogP contribution is -2.09. The summed E-state index contributed by atoms with van der Waals surface area (Å²) >= 11 is 0. The Morgan fingerprint density at radius 2 is 2.06 bits per heavy atom. The van der Waals surface area contributed by atoms with Gasteiger partial charge >= 0.3 is 5.97 Å². The molecule has 0 saturated heterocycles. The molecule has 2 aromatic rings. The quantitative estimate of drug-likeness (QED) is 0.467. The third kappa shape index (κ3) is 2.67. The molecule has 1 aromatic carbocycles. The van der Waals surface area contributed by atoms with Crippen molar-refractivity contribution in [3.63, 3.8) is 0 Å². The summed E-state index contributed by atoms with van der Waals surface area (Å²) in [4.78, 5) is 25.0. The predicted molar refractivity (Wildman–Crippen MR) is 61.1 cm³/mol. The first-order valence-electron chi connectivity index (χ1n) is 4.96. The van der Waals surface area contributed by atoms with Crippen LogP contribution in [0.25, 0.3) is 0 Å². The van der Waals surface area contributed by atoms with Gasteiger partial charge < -0.3 is 4.74 Å². The van der Waals surface area contributed by atoms with Crippen LogP contribution in [0.3, 0.4) is 0 Å². The van der Waals surface area contributed by atoms with E-state index in [4.69, 9.17) is 4.74 Å². The van der Waals surface area contributed by atoms with Gasteiger partial charge in [-0.25, -0.2) is 9.78 Å². The van der Waals surface area contributed by atoms with Crippen LogP contribution in [0, 0.1) is 16.2 Å². The van der Waals surface area contributed by atoms with Crippen molar-refractivity contribution in [3.05, 3.63) is 64.3 Å². The van der Waals surface area contributed by atoms with Crippen LogP contribution in [0.15, 0.2) is 42.6 Å². The maximum Gasteiger partial charge on any atom is 0.344 e. The van der Waals surface area contributed by atoms with Crippen LogP contribution in [-0.4, -0.2) is 15.9 Å². The lowest BCUT2D eigenvalue weighted by Gasteiger charge is -2.02. The van der Waals surface area contributed by atoms with E-state index in [9.17, 15) is 14.9 Å². The second-order valence-electron chi connectivity index (χ2n) is 3.28. The fraction of sp³-hybridized carbons (Fsp3) is 0. The van der Waals surface area contributed by atoms with Crippen molar-refractivity contribution in [3.8, 4) is 5.88 Å². The molecular weight excluding hydrogens is 236 g/mol. The molecule has 0 atom stereocenters. The second kappa shape index (κ2) is 5.05. The first-order chi connectivity index (χ1) is 8.66. The summed E-state index contributed by atoms with van der Waals surface area (Å²) in [6, 6.07) is 11.9. The summed E-state index contributed by atoms with van der Waals surface area (Å²) in [6.07, 6.45) is 0.980. The van der Waals surface area contributed by atoms with Crippen molar-refractivity contribution < 1.29 is 14.5 Å². The molecule has 6 heteroatoms. The summed E-state index contributed by atoms with van der Waals surface area (Å²) < 4.78 is 4.93. The average Bonchev–Trinajstić information content (AvgIpc) is 2.40. The van der Waals surface area contributed by atoms with Crippen molar-refractivity contribution in [1.82, 2.24) is 4.98 Å². The number of nitrogens with zero attached hydrogens (tertiary/aromatic N) is 2. The highest BCUT2D eigenvalue weighted by Crippen LogP contribution is 2.14. The molecule has 2 rings (SSSR count). The number of hydrogen-bond donors (Lipinski definition) is 0. The summed E-state index contributed by atoms with van der Waals surface area (Å²) in [6.45, 7) is 0. The van der Waals surface area contributed by atoms with Crippen molar-refractivity contribution in [2.75, 3.05) is 0 Å². The van der Waals surface area contributed by atoms with E-state index in [0.29, 0.717) is 5.56 Å². The Labute approximate surface area is 102 Å². The summed E-state index contributed by atoms with van der Waals surface area (Å²) in [5, 5.41) is 10.4. The lowest BCUT2D eigenvalue weighted by atomic mass is 10.2. The number of ether oxygens (including phenoxy) is 1. The van der Waals surface area contributed by atoms with Gasteiger partial charge in [-0.2, -0.15) is 0 Å². The zero-order valence-corrected chi connectivity index (χ0v) is 9.07. The minimum atomic E-state index is -0.629. The summed E-state index contributed by atoms with van der Waals surface area (Å²) in [7, 11) is 0. The minimum absolute atomic E-state index is 0.0329. The minimum Gasteiger partial charge on any atom is -0.404 e. The van der Waals surface area contributed by atoms with E-state index >= 15 is 0 Å². The Balaban J connectivity index is 2.10. The van der Waals surface area contributed by atoms with E-state index in [0.717, 1.165) is 12.3 Å². The van der Waals surface area contributed by atoms with E-state index in [1.165, 1.54) is 0 Å². The topological polar surface area (TPSA) is 82.3 Å². The molecule has 0 amide bonds. The maximum atomic E-state index is 11.6. The van der Waals surface area contributed by atoms with Gasteiger partial charge in [0, 0.05) is 6.07 Å². The molecule has 6 nitrogen and oxygen atoms in total. The van der Waals surface area contributed by atoms with Gasteiger partial charge in [0.05, 0.1) is 16.6 Å². The number of nitro groups is 1. The van der Waals surface area contributed by atoms with E-state index < -0.39 is 10.9 Å². The molecule has 18 heavy (non-hydrogen) atoms. The van der Waals surface area contributed by atoms with Crippen LogP contribution in [0.1, 0.15) is 10.4 Å². The molecular formula is C12H7N2O4. The number of carbonyl (C=O) groups is 1. The van der Waals surface area contributed by atoms with Crippen LogP contribution in [0.2, 0.25) is 0 Å². The van der Waals surface area contributed by atoms with Crippen LogP contribution in [-0.2, 0) is 0 Å². The van der Waals surface area contributed by atoms with Crippen LogP contribution < -0.4 is 4.74 Å². The van der Waals surface area contributed by atoms with Crippen LogP contribution >= 0.6 is 0 Å². The number of hydrogen-bond acceptors (Lipinski definition) is 5. The van der Waals surface area contributed by atoms with Gasteiger partial charge in [-0.05, 0) is 12.1 Å². The molecule has 1 radical (unpaired) electrons. The van der Waals surface area contributed by atoms with E-state index in [1.54, 1.807) is 30.3 Å². The molecule has 0 saturated carbocycles. The van der Waals surface area contributed by atoms with Crippen molar-refractivity contribution in [2.45, 2.75) is 0 Å². The van der Waals surface area contributed by atoms with Gasteiger partial charge in [-0.1, -0.05) is 18.2 Å². The van der Waals surface area contributed by atoms with Gasteiger partial charge in [0.25, 0.3) is 5.69 Å². The molecule has 0 bridgehead atoms. The number of aromatic nitrogens is 1. The van der Waals surface area contributed by atoms with E-state index in [2.05, 4.69) is 11.1 Å². The Morgan fingerprint density at radius 3 is 2.61 bits per heavy atom. The highest BCUT2D eigenvalue weighted by atomic mass is 16.6. The summed E-state index contributed by atoms with van der Waals surface area (Å²) in [5.41, 5.74) is 0.0900. The molecule has 0 spiro atoms. The Bertz CT molecular complexity index is 566. The van der Waals surface area contributed by atoms with Gasteiger partial charge in [-0.15, -0.1) is 0 Å². The van der Waals surface area contributed by atoms with E-state index in [-0.39, 0.29) is 11.6 Å². The largest absolute Gasteiger partial charge is 0.404 e.